The summed E-state index contributed by atoms with van der Waals surface area (Å²) >= 11 is 0. The lowest BCUT2D eigenvalue weighted by Crippen LogP contribution is -2.37. The van der Waals surface area contributed by atoms with Gasteiger partial charge in [-0.25, -0.2) is 4.98 Å². The van der Waals surface area contributed by atoms with Crippen molar-refractivity contribution in [3.05, 3.63) is 47.9 Å². The second kappa shape index (κ2) is 5.99. The largest absolute Gasteiger partial charge is 0.355 e. The molecule has 3 aromatic rings. The number of hydrogen-bond donors (Lipinski definition) is 1. The Morgan fingerprint density at radius 2 is 2.09 bits per heavy atom. The minimum Gasteiger partial charge on any atom is -0.355 e. The van der Waals surface area contributed by atoms with Gasteiger partial charge >= 0.3 is 0 Å². The van der Waals surface area contributed by atoms with Gasteiger partial charge in [0.2, 0.25) is 0 Å². The Balaban J connectivity index is 1.47. The van der Waals surface area contributed by atoms with E-state index in [4.69, 9.17) is 4.98 Å². The van der Waals surface area contributed by atoms with Crippen molar-refractivity contribution in [3.63, 3.8) is 0 Å². The molecule has 0 saturated carbocycles. The first-order valence-electron chi connectivity index (χ1n) is 8.27. The normalized spacial score (nSPS) is 18.5. The third-order valence-corrected chi connectivity index (χ3v) is 4.55. The molecule has 1 aliphatic heterocycles. The van der Waals surface area contributed by atoms with Crippen molar-refractivity contribution in [2.45, 2.75) is 26.2 Å². The predicted octanol–water partition coefficient (Wildman–Crippen LogP) is 3.12. The zero-order valence-corrected chi connectivity index (χ0v) is 13.4. The van der Waals surface area contributed by atoms with E-state index in [0.717, 1.165) is 47.9 Å². The SMILES string of the molecule is Cc1ccc(N2CCC[C@@H](Cc3nc4ccccc4[nH]3)C2)nn1. The van der Waals surface area contributed by atoms with E-state index >= 15 is 0 Å². The molecule has 1 atom stereocenters. The van der Waals surface area contributed by atoms with Crippen molar-refractivity contribution in [1.82, 2.24) is 20.2 Å². The molecule has 5 nitrogen and oxygen atoms in total. The van der Waals surface area contributed by atoms with Gasteiger partial charge in [0, 0.05) is 19.5 Å². The van der Waals surface area contributed by atoms with Gasteiger partial charge in [0.15, 0.2) is 5.82 Å². The molecule has 1 aromatic carbocycles. The van der Waals surface area contributed by atoms with Crippen LogP contribution < -0.4 is 4.90 Å². The van der Waals surface area contributed by atoms with Crippen molar-refractivity contribution in [2.24, 2.45) is 5.92 Å². The molecule has 4 rings (SSSR count). The molecule has 0 spiro atoms. The number of piperidine rings is 1. The first-order chi connectivity index (χ1) is 11.3. The van der Waals surface area contributed by atoms with Crippen molar-refractivity contribution in [1.29, 1.82) is 0 Å². The number of anilines is 1. The smallest absolute Gasteiger partial charge is 0.151 e. The van der Waals surface area contributed by atoms with Crippen LogP contribution in [0.5, 0.6) is 0 Å². The van der Waals surface area contributed by atoms with Crippen molar-refractivity contribution in [2.75, 3.05) is 18.0 Å². The monoisotopic (exact) mass is 307 g/mol. The Morgan fingerprint density at radius 3 is 2.91 bits per heavy atom. The summed E-state index contributed by atoms with van der Waals surface area (Å²) in [6.45, 7) is 4.06. The fraction of sp³-hybridized carbons (Fsp3) is 0.389. The molecule has 1 fully saturated rings. The summed E-state index contributed by atoms with van der Waals surface area (Å²) < 4.78 is 0. The molecular weight excluding hydrogens is 286 g/mol. The van der Waals surface area contributed by atoms with Crippen LogP contribution in [0.3, 0.4) is 0 Å². The summed E-state index contributed by atoms with van der Waals surface area (Å²) in [6.07, 6.45) is 3.43. The van der Waals surface area contributed by atoms with E-state index in [2.05, 4.69) is 38.3 Å². The number of aromatic nitrogens is 4. The lowest BCUT2D eigenvalue weighted by atomic mass is 9.94. The van der Waals surface area contributed by atoms with Gasteiger partial charge in [-0.3, -0.25) is 0 Å². The summed E-state index contributed by atoms with van der Waals surface area (Å²) in [5, 5.41) is 8.51. The van der Waals surface area contributed by atoms with Crippen LogP contribution in [-0.4, -0.2) is 33.3 Å². The van der Waals surface area contributed by atoms with Crippen LogP contribution in [0, 0.1) is 12.8 Å². The van der Waals surface area contributed by atoms with Crippen molar-refractivity contribution < 1.29 is 0 Å². The number of nitrogens with zero attached hydrogens (tertiary/aromatic N) is 4. The number of hydrogen-bond acceptors (Lipinski definition) is 4. The Labute approximate surface area is 135 Å². The summed E-state index contributed by atoms with van der Waals surface area (Å²) in [5.74, 6) is 2.69. The third kappa shape index (κ3) is 3.04. The average molecular weight is 307 g/mol. The zero-order valence-electron chi connectivity index (χ0n) is 13.4. The Morgan fingerprint density at radius 1 is 1.17 bits per heavy atom. The highest BCUT2D eigenvalue weighted by molar-refractivity contribution is 5.74. The second-order valence-corrected chi connectivity index (χ2v) is 6.39. The van der Waals surface area contributed by atoms with E-state index in [1.165, 1.54) is 12.8 Å². The minimum absolute atomic E-state index is 0.604. The number of aryl methyl sites for hydroxylation is 1. The number of H-pyrrole nitrogens is 1. The lowest BCUT2D eigenvalue weighted by Gasteiger charge is -2.33. The van der Waals surface area contributed by atoms with Gasteiger partial charge in [-0.1, -0.05) is 12.1 Å². The zero-order chi connectivity index (χ0) is 15.6. The van der Waals surface area contributed by atoms with Crippen LogP contribution in [0.4, 0.5) is 5.82 Å². The molecule has 0 unspecified atom stereocenters. The van der Waals surface area contributed by atoms with E-state index < -0.39 is 0 Å². The molecule has 1 N–H and O–H groups in total. The van der Waals surface area contributed by atoms with E-state index in [9.17, 15) is 0 Å². The highest BCUT2D eigenvalue weighted by Gasteiger charge is 2.22. The third-order valence-electron chi connectivity index (χ3n) is 4.55. The number of para-hydroxylation sites is 2. The maximum atomic E-state index is 4.71. The van der Waals surface area contributed by atoms with Crippen LogP contribution in [0.1, 0.15) is 24.4 Å². The Kier molecular flexibility index (Phi) is 3.69. The van der Waals surface area contributed by atoms with Gasteiger partial charge in [-0.2, -0.15) is 5.10 Å². The van der Waals surface area contributed by atoms with Crippen LogP contribution in [0.2, 0.25) is 0 Å². The summed E-state index contributed by atoms with van der Waals surface area (Å²) in [6, 6.07) is 12.3. The van der Waals surface area contributed by atoms with Crippen molar-refractivity contribution >= 4 is 16.9 Å². The molecule has 1 aliphatic rings. The Hall–Kier alpha value is -2.43. The number of benzene rings is 1. The maximum Gasteiger partial charge on any atom is 0.151 e. The van der Waals surface area contributed by atoms with E-state index in [1.807, 2.05) is 25.1 Å². The minimum atomic E-state index is 0.604. The van der Waals surface area contributed by atoms with Gasteiger partial charge in [0.25, 0.3) is 0 Å². The molecule has 0 radical (unpaired) electrons. The summed E-state index contributed by atoms with van der Waals surface area (Å²) in [4.78, 5) is 10.5. The maximum absolute atomic E-state index is 4.71. The average Bonchev–Trinajstić information content (AvgIpc) is 2.98. The molecule has 118 valence electrons. The number of fused-ring (bicyclic) bond motifs is 1. The van der Waals surface area contributed by atoms with Crippen LogP contribution in [0.25, 0.3) is 11.0 Å². The number of aromatic amines is 1. The predicted molar refractivity (Wildman–Crippen MR) is 91.5 cm³/mol. The highest BCUT2D eigenvalue weighted by Crippen LogP contribution is 2.24. The molecule has 0 bridgehead atoms. The van der Waals surface area contributed by atoms with E-state index in [0.29, 0.717) is 5.92 Å². The summed E-state index contributed by atoms with van der Waals surface area (Å²) in [5.41, 5.74) is 3.14. The van der Waals surface area contributed by atoms with Gasteiger partial charge in [0.1, 0.15) is 5.82 Å². The standard InChI is InChI=1S/C18H21N5/c1-13-8-9-18(22-21-13)23-10-4-5-14(12-23)11-17-19-15-6-2-3-7-16(15)20-17/h2-3,6-9,14H,4-5,10-12H2,1H3,(H,19,20)/t14-/m0/s1. The van der Waals surface area contributed by atoms with Crippen LogP contribution in [0.15, 0.2) is 36.4 Å². The fourth-order valence-corrected chi connectivity index (χ4v) is 3.38. The molecule has 5 heteroatoms. The Bertz CT molecular complexity index is 760. The van der Waals surface area contributed by atoms with Gasteiger partial charge in [-0.15, -0.1) is 5.10 Å². The van der Waals surface area contributed by atoms with E-state index in [1.54, 1.807) is 0 Å². The van der Waals surface area contributed by atoms with Crippen LogP contribution in [-0.2, 0) is 6.42 Å². The van der Waals surface area contributed by atoms with E-state index in [-0.39, 0.29) is 0 Å². The number of rotatable bonds is 3. The number of imidazole rings is 1. The quantitative estimate of drug-likeness (QED) is 0.807. The summed E-state index contributed by atoms with van der Waals surface area (Å²) in [7, 11) is 0. The first-order valence-corrected chi connectivity index (χ1v) is 8.27. The van der Waals surface area contributed by atoms with Gasteiger partial charge in [-0.05, 0) is 49.9 Å². The topological polar surface area (TPSA) is 57.7 Å². The molecule has 0 amide bonds. The molecular formula is C18H21N5. The molecule has 23 heavy (non-hydrogen) atoms. The number of nitrogens with one attached hydrogen (secondary N) is 1. The fourth-order valence-electron chi connectivity index (χ4n) is 3.38. The van der Waals surface area contributed by atoms with Crippen molar-refractivity contribution in [3.8, 4) is 0 Å². The van der Waals surface area contributed by atoms with Gasteiger partial charge < -0.3 is 9.88 Å². The molecule has 2 aromatic heterocycles. The second-order valence-electron chi connectivity index (χ2n) is 6.39. The highest BCUT2D eigenvalue weighted by atomic mass is 15.3. The molecule has 0 aliphatic carbocycles. The first kappa shape index (κ1) is 14.2. The lowest BCUT2D eigenvalue weighted by molar-refractivity contribution is 0.405. The van der Waals surface area contributed by atoms with Gasteiger partial charge in [0.05, 0.1) is 16.7 Å². The molecule has 3 heterocycles. The van der Waals surface area contributed by atoms with Crippen LogP contribution >= 0.6 is 0 Å². The molecule has 1 saturated heterocycles.